The zero-order chi connectivity index (χ0) is 14.0. The van der Waals surface area contributed by atoms with E-state index in [2.05, 4.69) is 0 Å². The van der Waals surface area contributed by atoms with Crippen molar-refractivity contribution in [3.8, 4) is 11.3 Å². The zero-order valence-electron chi connectivity index (χ0n) is 10.5. The standard InChI is InChI=1S/C14H14Cl2N2O/c1-2-7-18-13(6-5-12(17)14(18)19)10-4-3-9(15)8-11(10)16/h3-6,8H,2,7,17H2,1H3. The number of hydrogen-bond acceptors (Lipinski definition) is 2. The van der Waals surface area contributed by atoms with Crippen LogP contribution < -0.4 is 11.3 Å². The van der Waals surface area contributed by atoms with Crippen molar-refractivity contribution in [2.75, 3.05) is 5.73 Å². The minimum Gasteiger partial charge on any atom is -0.394 e. The molecule has 0 aliphatic heterocycles. The predicted molar refractivity (Wildman–Crippen MR) is 80.9 cm³/mol. The van der Waals surface area contributed by atoms with Gasteiger partial charge in [-0.2, -0.15) is 0 Å². The Labute approximate surface area is 121 Å². The van der Waals surface area contributed by atoms with Crippen LogP contribution in [0, 0.1) is 0 Å². The third-order valence-electron chi connectivity index (χ3n) is 2.86. The maximum absolute atomic E-state index is 12.1. The molecule has 0 saturated carbocycles. The Morgan fingerprint density at radius 1 is 1.21 bits per heavy atom. The Morgan fingerprint density at radius 2 is 1.95 bits per heavy atom. The molecule has 0 saturated heterocycles. The molecular formula is C14H14Cl2N2O. The van der Waals surface area contributed by atoms with E-state index >= 15 is 0 Å². The van der Waals surface area contributed by atoms with E-state index in [0.29, 0.717) is 16.6 Å². The molecule has 0 amide bonds. The van der Waals surface area contributed by atoms with Gasteiger partial charge in [-0.25, -0.2) is 0 Å². The van der Waals surface area contributed by atoms with E-state index in [9.17, 15) is 4.79 Å². The number of hydrogen-bond donors (Lipinski definition) is 1. The molecule has 1 aromatic carbocycles. The van der Waals surface area contributed by atoms with Gasteiger partial charge in [0.2, 0.25) is 0 Å². The summed E-state index contributed by atoms with van der Waals surface area (Å²) in [6.07, 6.45) is 0.835. The molecule has 0 aliphatic rings. The molecule has 3 nitrogen and oxygen atoms in total. The van der Waals surface area contributed by atoms with Crippen LogP contribution in [-0.4, -0.2) is 4.57 Å². The average molecular weight is 297 g/mol. The SMILES string of the molecule is CCCn1c(-c2ccc(Cl)cc2Cl)ccc(N)c1=O. The van der Waals surface area contributed by atoms with Gasteiger partial charge in [0.05, 0.1) is 16.4 Å². The van der Waals surface area contributed by atoms with Crippen molar-refractivity contribution in [1.82, 2.24) is 4.57 Å². The molecule has 0 radical (unpaired) electrons. The van der Waals surface area contributed by atoms with E-state index in [4.69, 9.17) is 28.9 Å². The molecule has 0 fully saturated rings. The van der Waals surface area contributed by atoms with Crippen LogP contribution in [0.15, 0.2) is 35.1 Å². The maximum Gasteiger partial charge on any atom is 0.274 e. The summed E-state index contributed by atoms with van der Waals surface area (Å²) in [6, 6.07) is 8.63. The van der Waals surface area contributed by atoms with E-state index in [1.807, 2.05) is 19.1 Å². The number of nitrogens with zero attached hydrogens (tertiary/aromatic N) is 1. The molecule has 19 heavy (non-hydrogen) atoms. The number of pyridine rings is 1. The summed E-state index contributed by atoms with van der Waals surface area (Å²) in [5, 5.41) is 1.08. The normalized spacial score (nSPS) is 10.7. The maximum atomic E-state index is 12.1. The molecule has 5 heteroatoms. The third kappa shape index (κ3) is 2.77. The molecule has 2 N–H and O–H groups in total. The molecule has 1 aromatic heterocycles. The lowest BCUT2D eigenvalue weighted by Crippen LogP contribution is -2.24. The quantitative estimate of drug-likeness (QED) is 0.936. The second-order valence-electron chi connectivity index (χ2n) is 4.25. The highest BCUT2D eigenvalue weighted by atomic mass is 35.5. The van der Waals surface area contributed by atoms with Crippen LogP contribution in [0.2, 0.25) is 10.0 Å². The van der Waals surface area contributed by atoms with Crippen LogP contribution in [0.5, 0.6) is 0 Å². The second-order valence-corrected chi connectivity index (χ2v) is 5.10. The monoisotopic (exact) mass is 296 g/mol. The summed E-state index contributed by atoms with van der Waals surface area (Å²) in [4.78, 5) is 12.1. The van der Waals surface area contributed by atoms with Gasteiger partial charge in [-0.1, -0.05) is 30.1 Å². The van der Waals surface area contributed by atoms with Crippen LogP contribution in [0.4, 0.5) is 5.69 Å². The van der Waals surface area contributed by atoms with Crippen LogP contribution in [0.1, 0.15) is 13.3 Å². The van der Waals surface area contributed by atoms with Crippen LogP contribution in [0.25, 0.3) is 11.3 Å². The number of benzene rings is 1. The van der Waals surface area contributed by atoms with Gasteiger partial charge in [0, 0.05) is 17.1 Å². The van der Waals surface area contributed by atoms with Gasteiger partial charge in [0.1, 0.15) is 0 Å². The Kier molecular flexibility index (Phi) is 4.17. The number of nitrogens with two attached hydrogens (primary N) is 1. The fourth-order valence-corrected chi connectivity index (χ4v) is 2.48. The van der Waals surface area contributed by atoms with Gasteiger partial charge in [-0.05, 0) is 36.8 Å². The molecule has 1 heterocycles. The molecule has 0 aliphatic carbocycles. The van der Waals surface area contributed by atoms with Gasteiger partial charge in [0.25, 0.3) is 5.56 Å². The molecule has 2 rings (SSSR count). The van der Waals surface area contributed by atoms with Gasteiger partial charge in [0.15, 0.2) is 0 Å². The summed E-state index contributed by atoms with van der Waals surface area (Å²) >= 11 is 12.1. The molecule has 100 valence electrons. The summed E-state index contributed by atoms with van der Waals surface area (Å²) in [7, 11) is 0. The minimum atomic E-state index is -0.189. The predicted octanol–water partition coefficient (Wildman–Crippen LogP) is 3.81. The Hall–Kier alpha value is -1.45. The van der Waals surface area contributed by atoms with Crippen molar-refractivity contribution < 1.29 is 0 Å². The Morgan fingerprint density at radius 3 is 2.58 bits per heavy atom. The summed E-state index contributed by atoms with van der Waals surface area (Å²) in [5.74, 6) is 0. The van der Waals surface area contributed by atoms with Crippen molar-refractivity contribution in [3.05, 3.63) is 50.7 Å². The first-order valence-electron chi connectivity index (χ1n) is 5.99. The Bertz CT molecular complexity index is 665. The fourth-order valence-electron chi connectivity index (χ4n) is 1.97. The topological polar surface area (TPSA) is 48.0 Å². The van der Waals surface area contributed by atoms with Gasteiger partial charge in [-0.15, -0.1) is 0 Å². The number of halogens is 2. The van der Waals surface area contributed by atoms with Crippen molar-refractivity contribution >= 4 is 28.9 Å². The van der Waals surface area contributed by atoms with E-state index < -0.39 is 0 Å². The van der Waals surface area contributed by atoms with Gasteiger partial charge < -0.3 is 10.3 Å². The van der Waals surface area contributed by atoms with E-state index in [1.165, 1.54) is 0 Å². The highest BCUT2D eigenvalue weighted by Gasteiger charge is 2.11. The fraction of sp³-hybridized carbons (Fsp3) is 0.214. The molecular weight excluding hydrogens is 283 g/mol. The number of rotatable bonds is 3. The Balaban J connectivity index is 2.68. The summed E-state index contributed by atoms with van der Waals surface area (Å²) < 4.78 is 1.64. The second kappa shape index (κ2) is 5.68. The zero-order valence-corrected chi connectivity index (χ0v) is 12.0. The molecule has 0 bridgehead atoms. The summed E-state index contributed by atoms with van der Waals surface area (Å²) in [6.45, 7) is 2.60. The molecule has 2 aromatic rings. The molecule has 0 atom stereocenters. The van der Waals surface area contributed by atoms with Gasteiger partial charge >= 0.3 is 0 Å². The van der Waals surface area contributed by atoms with Crippen molar-refractivity contribution in [3.63, 3.8) is 0 Å². The van der Waals surface area contributed by atoms with E-state index in [0.717, 1.165) is 17.7 Å². The molecule has 0 spiro atoms. The summed E-state index contributed by atoms with van der Waals surface area (Å²) in [5.41, 5.74) is 7.25. The van der Waals surface area contributed by atoms with Crippen molar-refractivity contribution in [1.29, 1.82) is 0 Å². The molecule has 0 unspecified atom stereocenters. The highest BCUT2D eigenvalue weighted by molar-refractivity contribution is 6.36. The lowest BCUT2D eigenvalue weighted by Gasteiger charge is -2.14. The largest absolute Gasteiger partial charge is 0.394 e. The first-order valence-corrected chi connectivity index (χ1v) is 6.75. The third-order valence-corrected chi connectivity index (χ3v) is 3.41. The van der Waals surface area contributed by atoms with Crippen LogP contribution >= 0.6 is 23.2 Å². The number of aromatic nitrogens is 1. The first kappa shape index (κ1) is 14.0. The van der Waals surface area contributed by atoms with E-state index in [1.54, 1.807) is 22.8 Å². The van der Waals surface area contributed by atoms with E-state index in [-0.39, 0.29) is 11.2 Å². The van der Waals surface area contributed by atoms with Gasteiger partial charge in [-0.3, -0.25) is 4.79 Å². The number of nitrogen functional groups attached to an aromatic ring is 1. The first-order chi connectivity index (χ1) is 9.04. The lowest BCUT2D eigenvalue weighted by molar-refractivity contribution is 0.663. The minimum absolute atomic E-state index is 0.189. The van der Waals surface area contributed by atoms with Crippen LogP contribution in [-0.2, 0) is 6.54 Å². The van der Waals surface area contributed by atoms with Crippen molar-refractivity contribution in [2.24, 2.45) is 0 Å². The number of anilines is 1. The highest BCUT2D eigenvalue weighted by Crippen LogP contribution is 2.30. The lowest BCUT2D eigenvalue weighted by atomic mass is 10.1. The average Bonchev–Trinajstić information content (AvgIpc) is 2.36. The van der Waals surface area contributed by atoms with Crippen LogP contribution in [0.3, 0.4) is 0 Å². The smallest absolute Gasteiger partial charge is 0.274 e. The van der Waals surface area contributed by atoms with Crippen molar-refractivity contribution in [2.45, 2.75) is 19.9 Å².